The molecule has 2 bridgehead atoms. The minimum Gasteiger partial charge on any atom is -0.356 e. The molecule has 0 aromatic carbocycles. The molecule has 2 N–H and O–H groups in total. The summed E-state index contributed by atoms with van der Waals surface area (Å²) < 4.78 is 0. The number of nitrogens with one attached hydrogen (secondary N) is 2. The fraction of sp³-hybridized carbons (Fsp3) is 0.941. The number of rotatable bonds is 6. The van der Waals surface area contributed by atoms with Crippen LogP contribution in [-0.4, -0.2) is 24.5 Å². The minimum atomic E-state index is 0. The van der Waals surface area contributed by atoms with Gasteiger partial charge in [0.2, 0.25) is 5.91 Å². The highest BCUT2D eigenvalue weighted by Crippen LogP contribution is 2.32. The van der Waals surface area contributed by atoms with E-state index in [0.717, 1.165) is 19.4 Å². The number of hydrogen-bond acceptors (Lipinski definition) is 2. The second kappa shape index (κ2) is 8.38. The Morgan fingerprint density at radius 1 is 1.14 bits per heavy atom. The molecule has 2 atom stereocenters. The fourth-order valence-electron chi connectivity index (χ4n) is 3.68. The largest absolute Gasteiger partial charge is 0.356 e. The van der Waals surface area contributed by atoms with Crippen LogP contribution in [0.15, 0.2) is 0 Å². The van der Waals surface area contributed by atoms with Crippen molar-refractivity contribution in [2.45, 2.75) is 84.2 Å². The van der Waals surface area contributed by atoms with Crippen LogP contribution >= 0.6 is 12.4 Å². The molecule has 2 rings (SSSR count). The van der Waals surface area contributed by atoms with Gasteiger partial charge in [0.05, 0.1) is 0 Å². The first-order valence-electron chi connectivity index (χ1n) is 8.45. The number of hydrogen-bond donors (Lipinski definition) is 2. The van der Waals surface area contributed by atoms with Crippen LogP contribution in [0.5, 0.6) is 0 Å². The fourth-order valence-corrected chi connectivity index (χ4v) is 3.68. The molecule has 2 unspecified atom stereocenters. The average molecular weight is 317 g/mol. The Labute approximate surface area is 136 Å². The van der Waals surface area contributed by atoms with Gasteiger partial charge >= 0.3 is 0 Å². The molecule has 4 heteroatoms. The topological polar surface area (TPSA) is 41.1 Å². The van der Waals surface area contributed by atoms with Gasteiger partial charge < -0.3 is 10.6 Å². The molecular weight excluding hydrogens is 284 g/mol. The van der Waals surface area contributed by atoms with Crippen molar-refractivity contribution in [3.63, 3.8) is 0 Å². The molecule has 3 nitrogen and oxygen atoms in total. The van der Waals surface area contributed by atoms with Crippen LogP contribution in [-0.2, 0) is 4.79 Å². The lowest BCUT2D eigenvalue weighted by Crippen LogP contribution is -2.39. The lowest BCUT2D eigenvalue weighted by Gasteiger charge is -2.28. The number of halogens is 1. The molecule has 2 heterocycles. The Balaban J connectivity index is 0.00000220. The Morgan fingerprint density at radius 3 is 2.33 bits per heavy atom. The Bertz CT molecular complexity index is 315. The molecule has 0 spiro atoms. The van der Waals surface area contributed by atoms with Crippen molar-refractivity contribution in [1.29, 1.82) is 0 Å². The summed E-state index contributed by atoms with van der Waals surface area (Å²) in [5, 5.41) is 6.74. The molecule has 124 valence electrons. The zero-order chi connectivity index (χ0) is 14.6. The standard InChI is InChI=1S/C17H32N2O.ClH/c1-17(2,3)8-4-5-9-18-16(20)12-13-10-14-6-7-15(11-13)19-14;/h13-15,19H,4-12H2,1-3H3,(H,18,20);1H. The van der Waals surface area contributed by atoms with E-state index in [1.54, 1.807) is 0 Å². The van der Waals surface area contributed by atoms with Crippen LogP contribution in [0.25, 0.3) is 0 Å². The van der Waals surface area contributed by atoms with Crippen LogP contribution in [0.4, 0.5) is 0 Å². The molecule has 0 saturated carbocycles. The summed E-state index contributed by atoms with van der Waals surface area (Å²) in [5.41, 5.74) is 0.415. The maximum atomic E-state index is 12.0. The summed E-state index contributed by atoms with van der Waals surface area (Å²) in [6.07, 6.45) is 9.34. The number of piperidine rings is 1. The van der Waals surface area contributed by atoms with Crippen molar-refractivity contribution < 1.29 is 4.79 Å². The van der Waals surface area contributed by atoms with Gasteiger partial charge in [0.15, 0.2) is 0 Å². The van der Waals surface area contributed by atoms with Crippen molar-refractivity contribution in [2.75, 3.05) is 6.54 Å². The maximum absolute atomic E-state index is 12.0. The van der Waals surface area contributed by atoms with Gasteiger partial charge in [-0.2, -0.15) is 0 Å². The summed E-state index contributed by atoms with van der Waals surface area (Å²) in [5.74, 6) is 0.885. The summed E-state index contributed by atoms with van der Waals surface area (Å²) in [7, 11) is 0. The number of fused-ring (bicyclic) bond motifs is 2. The number of unbranched alkanes of at least 4 members (excludes halogenated alkanes) is 1. The maximum Gasteiger partial charge on any atom is 0.220 e. The van der Waals surface area contributed by atoms with Gasteiger partial charge in [-0.05, 0) is 49.9 Å². The van der Waals surface area contributed by atoms with Gasteiger partial charge in [-0.3, -0.25) is 4.79 Å². The first kappa shape index (κ1) is 18.8. The molecule has 2 aliphatic heterocycles. The zero-order valence-corrected chi connectivity index (χ0v) is 14.7. The Hall–Kier alpha value is -0.280. The van der Waals surface area contributed by atoms with Crippen molar-refractivity contribution in [1.82, 2.24) is 10.6 Å². The van der Waals surface area contributed by atoms with Gasteiger partial charge in [0.1, 0.15) is 0 Å². The van der Waals surface area contributed by atoms with Gasteiger partial charge in [-0.1, -0.05) is 27.2 Å². The van der Waals surface area contributed by atoms with Crippen molar-refractivity contribution >= 4 is 18.3 Å². The predicted octanol–water partition coefficient (Wildman–Crippen LogP) is 3.66. The van der Waals surface area contributed by atoms with Crippen molar-refractivity contribution in [3.05, 3.63) is 0 Å². The molecule has 0 radical (unpaired) electrons. The second-order valence-corrected chi connectivity index (χ2v) is 8.05. The highest BCUT2D eigenvalue weighted by Gasteiger charge is 2.33. The number of carbonyl (C=O) groups is 1. The smallest absolute Gasteiger partial charge is 0.220 e. The molecule has 0 aliphatic carbocycles. The third-order valence-electron chi connectivity index (χ3n) is 4.72. The third kappa shape index (κ3) is 7.01. The minimum absolute atomic E-state index is 0. The van der Waals surface area contributed by atoms with Crippen molar-refractivity contribution in [3.8, 4) is 0 Å². The Morgan fingerprint density at radius 2 is 1.76 bits per heavy atom. The summed E-state index contributed by atoms with van der Waals surface area (Å²) >= 11 is 0. The first-order chi connectivity index (χ1) is 9.42. The van der Waals surface area contributed by atoms with Crippen LogP contribution in [0.3, 0.4) is 0 Å². The highest BCUT2D eigenvalue weighted by molar-refractivity contribution is 5.85. The quantitative estimate of drug-likeness (QED) is 0.734. The summed E-state index contributed by atoms with van der Waals surface area (Å²) in [6, 6.07) is 1.39. The summed E-state index contributed by atoms with van der Waals surface area (Å²) in [4.78, 5) is 12.0. The Kier molecular flexibility index (Phi) is 7.49. The van der Waals surface area contributed by atoms with E-state index in [1.165, 1.54) is 38.5 Å². The normalized spacial score (nSPS) is 28.0. The molecular formula is C17H33ClN2O. The third-order valence-corrected chi connectivity index (χ3v) is 4.72. The molecule has 2 fully saturated rings. The van der Waals surface area contributed by atoms with Crippen LogP contribution in [0, 0.1) is 11.3 Å². The highest BCUT2D eigenvalue weighted by atomic mass is 35.5. The predicted molar refractivity (Wildman–Crippen MR) is 90.9 cm³/mol. The molecule has 2 saturated heterocycles. The molecule has 1 amide bonds. The van der Waals surface area contributed by atoms with Gasteiger partial charge in [0.25, 0.3) is 0 Å². The van der Waals surface area contributed by atoms with Gasteiger partial charge in [-0.25, -0.2) is 0 Å². The first-order valence-corrected chi connectivity index (χ1v) is 8.45. The van der Waals surface area contributed by atoms with Gasteiger partial charge in [-0.15, -0.1) is 12.4 Å². The van der Waals surface area contributed by atoms with E-state index in [0.29, 0.717) is 23.4 Å². The molecule has 2 aliphatic rings. The van der Waals surface area contributed by atoms with Crippen LogP contribution in [0.2, 0.25) is 0 Å². The van der Waals surface area contributed by atoms with E-state index in [9.17, 15) is 4.79 Å². The average Bonchev–Trinajstić information content (AvgIpc) is 2.67. The zero-order valence-electron chi connectivity index (χ0n) is 13.9. The van der Waals surface area contributed by atoms with E-state index in [4.69, 9.17) is 0 Å². The van der Waals surface area contributed by atoms with Crippen molar-refractivity contribution in [2.24, 2.45) is 11.3 Å². The van der Waals surface area contributed by atoms with E-state index < -0.39 is 0 Å². The second-order valence-electron chi connectivity index (χ2n) is 8.05. The lowest BCUT2D eigenvalue weighted by molar-refractivity contribution is -0.122. The van der Waals surface area contributed by atoms with Crippen LogP contribution in [0.1, 0.15) is 72.1 Å². The van der Waals surface area contributed by atoms with E-state index >= 15 is 0 Å². The number of carbonyl (C=O) groups excluding carboxylic acids is 1. The molecule has 0 aromatic rings. The van der Waals surface area contributed by atoms with Crippen LogP contribution < -0.4 is 10.6 Å². The molecule has 0 aromatic heterocycles. The monoisotopic (exact) mass is 316 g/mol. The van der Waals surface area contributed by atoms with E-state index in [1.807, 2.05) is 0 Å². The summed E-state index contributed by atoms with van der Waals surface area (Å²) in [6.45, 7) is 7.68. The van der Waals surface area contributed by atoms with Gasteiger partial charge in [0, 0.05) is 25.0 Å². The molecule has 21 heavy (non-hydrogen) atoms. The lowest BCUT2D eigenvalue weighted by atomic mass is 9.89. The number of amides is 1. The van der Waals surface area contributed by atoms with E-state index in [2.05, 4.69) is 31.4 Å². The van der Waals surface area contributed by atoms with E-state index in [-0.39, 0.29) is 18.3 Å². The SMILES string of the molecule is CC(C)(C)CCCCNC(=O)CC1CC2CCC(C1)N2.Cl.